The Hall–Kier alpha value is -3.61. The number of methoxy groups -OCH3 is 1. The first kappa shape index (κ1) is 19.4. The SMILES string of the molecule is COc1cccc(C(=O)N2C[C@@H](Cn3ncc4cc(-c5cn[nH]c5)ccc43)C[C@@H]2C)c1. The van der Waals surface area contributed by atoms with Crippen LogP contribution in [0.5, 0.6) is 5.75 Å². The van der Waals surface area contributed by atoms with E-state index in [1.54, 1.807) is 13.2 Å². The predicted octanol–water partition coefficient (Wildman–Crippen LogP) is 3.99. The van der Waals surface area contributed by atoms with E-state index in [1.165, 1.54) is 0 Å². The number of hydrogen-bond acceptors (Lipinski definition) is 4. The van der Waals surface area contributed by atoms with Crippen molar-refractivity contribution in [2.75, 3.05) is 13.7 Å². The van der Waals surface area contributed by atoms with Crippen LogP contribution in [0.2, 0.25) is 0 Å². The van der Waals surface area contributed by atoms with Crippen molar-refractivity contribution in [2.24, 2.45) is 5.92 Å². The monoisotopic (exact) mass is 415 g/mol. The highest BCUT2D eigenvalue weighted by Crippen LogP contribution is 2.29. The minimum Gasteiger partial charge on any atom is -0.497 e. The summed E-state index contributed by atoms with van der Waals surface area (Å²) < 4.78 is 7.33. The van der Waals surface area contributed by atoms with Crippen LogP contribution in [0.3, 0.4) is 0 Å². The first-order chi connectivity index (χ1) is 15.1. The molecule has 1 amide bonds. The lowest BCUT2D eigenvalue weighted by Crippen LogP contribution is -2.34. The summed E-state index contributed by atoms with van der Waals surface area (Å²) in [6, 6.07) is 13.9. The van der Waals surface area contributed by atoms with Crippen molar-refractivity contribution >= 4 is 16.8 Å². The van der Waals surface area contributed by atoms with Crippen molar-refractivity contribution in [3.63, 3.8) is 0 Å². The molecule has 2 aromatic carbocycles. The number of benzene rings is 2. The second-order valence-electron chi connectivity index (χ2n) is 8.23. The molecule has 0 bridgehead atoms. The summed E-state index contributed by atoms with van der Waals surface area (Å²) in [5.41, 5.74) is 3.96. The largest absolute Gasteiger partial charge is 0.497 e. The van der Waals surface area contributed by atoms with Crippen LogP contribution in [0.15, 0.2) is 61.1 Å². The number of nitrogens with one attached hydrogen (secondary N) is 1. The Labute approximate surface area is 180 Å². The molecule has 5 rings (SSSR count). The number of carbonyl (C=O) groups is 1. The van der Waals surface area contributed by atoms with Gasteiger partial charge in [-0.25, -0.2) is 0 Å². The van der Waals surface area contributed by atoms with E-state index in [0.29, 0.717) is 17.2 Å². The van der Waals surface area contributed by atoms with Crippen molar-refractivity contribution < 1.29 is 9.53 Å². The van der Waals surface area contributed by atoms with Crippen molar-refractivity contribution in [1.29, 1.82) is 0 Å². The molecule has 7 heteroatoms. The fraction of sp³-hybridized carbons (Fsp3) is 0.292. The maximum Gasteiger partial charge on any atom is 0.254 e. The van der Waals surface area contributed by atoms with E-state index >= 15 is 0 Å². The first-order valence-electron chi connectivity index (χ1n) is 10.5. The fourth-order valence-electron chi connectivity index (χ4n) is 4.55. The molecule has 0 radical (unpaired) electrons. The van der Waals surface area contributed by atoms with Crippen molar-refractivity contribution in [2.45, 2.75) is 25.9 Å². The molecule has 2 atom stereocenters. The van der Waals surface area contributed by atoms with Gasteiger partial charge in [0.1, 0.15) is 5.75 Å². The van der Waals surface area contributed by atoms with E-state index in [0.717, 1.165) is 41.5 Å². The van der Waals surface area contributed by atoms with Crippen LogP contribution in [0.1, 0.15) is 23.7 Å². The van der Waals surface area contributed by atoms with E-state index in [9.17, 15) is 4.79 Å². The highest BCUT2D eigenvalue weighted by atomic mass is 16.5. The number of carbonyl (C=O) groups excluding carboxylic acids is 1. The zero-order valence-electron chi connectivity index (χ0n) is 17.7. The zero-order chi connectivity index (χ0) is 21.4. The molecule has 7 nitrogen and oxygen atoms in total. The summed E-state index contributed by atoms with van der Waals surface area (Å²) in [4.78, 5) is 15.1. The molecule has 1 saturated heterocycles. The summed E-state index contributed by atoms with van der Waals surface area (Å²) in [6.07, 6.45) is 6.58. The van der Waals surface area contributed by atoms with Crippen LogP contribution in [-0.2, 0) is 6.54 Å². The first-order valence-corrected chi connectivity index (χ1v) is 10.5. The maximum absolute atomic E-state index is 13.1. The molecule has 31 heavy (non-hydrogen) atoms. The number of hydrogen-bond donors (Lipinski definition) is 1. The number of rotatable bonds is 5. The lowest BCUT2D eigenvalue weighted by atomic mass is 10.1. The number of aromatic nitrogens is 4. The summed E-state index contributed by atoms with van der Waals surface area (Å²) >= 11 is 0. The lowest BCUT2D eigenvalue weighted by Gasteiger charge is -2.21. The summed E-state index contributed by atoms with van der Waals surface area (Å²) in [7, 11) is 1.62. The Morgan fingerprint density at radius 2 is 2.10 bits per heavy atom. The molecule has 0 unspecified atom stereocenters. The van der Waals surface area contributed by atoms with Gasteiger partial charge in [-0.1, -0.05) is 12.1 Å². The molecule has 2 aromatic heterocycles. The van der Waals surface area contributed by atoms with Crippen LogP contribution < -0.4 is 4.74 Å². The van der Waals surface area contributed by atoms with Gasteiger partial charge < -0.3 is 9.64 Å². The van der Waals surface area contributed by atoms with Crippen molar-refractivity contribution in [3.8, 4) is 16.9 Å². The van der Waals surface area contributed by atoms with Crippen molar-refractivity contribution in [3.05, 3.63) is 66.6 Å². The maximum atomic E-state index is 13.1. The van der Waals surface area contributed by atoms with E-state index in [2.05, 4.69) is 45.1 Å². The second kappa shape index (κ2) is 7.91. The summed E-state index contributed by atoms with van der Waals surface area (Å²) in [5.74, 6) is 1.12. The highest BCUT2D eigenvalue weighted by Gasteiger charge is 2.33. The number of aromatic amines is 1. The quantitative estimate of drug-likeness (QED) is 0.535. The molecule has 3 heterocycles. The van der Waals surface area contributed by atoms with E-state index in [1.807, 2.05) is 41.7 Å². The van der Waals surface area contributed by atoms with Gasteiger partial charge in [0, 0.05) is 41.8 Å². The molecule has 1 aliphatic rings. The Kier molecular flexibility index (Phi) is 4.94. The molecular weight excluding hydrogens is 390 g/mol. The third-order valence-corrected chi connectivity index (χ3v) is 6.14. The van der Waals surface area contributed by atoms with Crippen LogP contribution >= 0.6 is 0 Å². The van der Waals surface area contributed by atoms with Gasteiger partial charge in [0.15, 0.2) is 0 Å². The van der Waals surface area contributed by atoms with Gasteiger partial charge in [0.05, 0.1) is 25.0 Å². The Balaban J connectivity index is 1.32. The molecule has 1 fully saturated rings. The zero-order valence-corrected chi connectivity index (χ0v) is 17.7. The van der Waals surface area contributed by atoms with Gasteiger partial charge in [-0.05, 0) is 55.2 Å². The van der Waals surface area contributed by atoms with Gasteiger partial charge >= 0.3 is 0 Å². The third kappa shape index (κ3) is 3.67. The average Bonchev–Trinajstić information content (AvgIpc) is 3.54. The number of likely N-dealkylation sites (tertiary alicyclic amines) is 1. The number of fused-ring (bicyclic) bond motifs is 1. The van der Waals surface area contributed by atoms with E-state index in [-0.39, 0.29) is 11.9 Å². The second-order valence-corrected chi connectivity index (χ2v) is 8.23. The smallest absolute Gasteiger partial charge is 0.254 e. The number of amides is 1. The number of H-pyrrole nitrogens is 1. The normalized spacial score (nSPS) is 18.6. The van der Waals surface area contributed by atoms with E-state index in [4.69, 9.17) is 4.74 Å². The van der Waals surface area contributed by atoms with Crippen molar-refractivity contribution in [1.82, 2.24) is 24.9 Å². The summed E-state index contributed by atoms with van der Waals surface area (Å²) in [6.45, 7) is 3.64. The molecule has 158 valence electrons. The Morgan fingerprint density at radius 1 is 1.19 bits per heavy atom. The molecule has 1 aliphatic heterocycles. The third-order valence-electron chi connectivity index (χ3n) is 6.14. The fourth-order valence-corrected chi connectivity index (χ4v) is 4.55. The lowest BCUT2D eigenvalue weighted by molar-refractivity contribution is 0.0741. The molecule has 4 aromatic rings. The molecule has 0 saturated carbocycles. The Morgan fingerprint density at radius 3 is 2.90 bits per heavy atom. The van der Waals surface area contributed by atoms with Crippen LogP contribution in [0.25, 0.3) is 22.0 Å². The predicted molar refractivity (Wildman–Crippen MR) is 119 cm³/mol. The van der Waals surface area contributed by atoms with E-state index < -0.39 is 0 Å². The van der Waals surface area contributed by atoms with Gasteiger partial charge in [-0.2, -0.15) is 10.2 Å². The van der Waals surface area contributed by atoms with Crippen LogP contribution in [0, 0.1) is 5.92 Å². The minimum absolute atomic E-state index is 0.0592. The molecular formula is C24H25N5O2. The van der Waals surface area contributed by atoms with Gasteiger partial charge in [-0.15, -0.1) is 0 Å². The summed E-state index contributed by atoms with van der Waals surface area (Å²) in [5, 5.41) is 12.6. The molecule has 0 aliphatic carbocycles. The topological polar surface area (TPSA) is 76.0 Å². The van der Waals surface area contributed by atoms with Gasteiger partial charge in [0.25, 0.3) is 5.91 Å². The number of nitrogens with zero attached hydrogens (tertiary/aromatic N) is 4. The van der Waals surface area contributed by atoms with Gasteiger partial charge in [0.2, 0.25) is 0 Å². The minimum atomic E-state index is 0.0592. The van der Waals surface area contributed by atoms with Crippen LogP contribution in [-0.4, -0.2) is 50.5 Å². The molecule has 1 N–H and O–H groups in total. The molecule has 0 spiro atoms. The standard InChI is InChI=1S/C24H25N5O2/c1-16-8-17(14-28(16)24(30)19-4-3-5-22(10-19)31-2)15-29-23-7-6-18(9-20(23)13-27-29)21-11-25-26-12-21/h3-7,9-13,16-17H,8,14-15H2,1-2H3,(H,25,26)/t16-,17-/m0/s1. The Bertz CT molecular complexity index is 1210. The average molecular weight is 415 g/mol. The highest BCUT2D eigenvalue weighted by molar-refractivity contribution is 5.95. The van der Waals surface area contributed by atoms with Gasteiger partial charge in [-0.3, -0.25) is 14.6 Å². The number of ether oxygens (including phenoxy) is 1. The van der Waals surface area contributed by atoms with Crippen LogP contribution in [0.4, 0.5) is 0 Å².